The van der Waals surface area contributed by atoms with Crippen LogP contribution in [0.25, 0.3) is 32.7 Å². The quantitative estimate of drug-likeness (QED) is 0.240. The van der Waals surface area contributed by atoms with Crippen molar-refractivity contribution in [1.29, 1.82) is 0 Å². The smallest absolute Gasteiger partial charge is 0.871 e. The monoisotopic (exact) mass is 595 g/mol. The number of pyridine rings is 3. The van der Waals surface area contributed by atoms with Gasteiger partial charge in [-0.2, -0.15) is 0 Å². The van der Waals surface area contributed by atoms with Gasteiger partial charge in [0.05, 0.1) is 16.6 Å². The maximum atomic E-state index is 11.3. The van der Waals surface area contributed by atoms with Crippen LogP contribution in [0, 0.1) is 20.8 Å². The third-order valence-electron chi connectivity index (χ3n) is 5.44. The molecule has 0 amide bonds. The van der Waals surface area contributed by atoms with Gasteiger partial charge < -0.3 is 15.3 Å². The summed E-state index contributed by atoms with van der Waals surface area (Å²) in [6, 6.07) is 21.9. The molecule has 7 heteroatoms. The van der Waals surface area contributed by atoms with Crippen LogP contribution in [0.1, 0.15) is 16.7 Å². The minimum absolute atomic E-state index is 0. The molecule has 3 heterocycles. The van der Waals surface area contributed by atoms with Gasteiger partial charge in [-0.3, -0.25) is 15.0 Å². The number of aromatic nitrogens is 3. The van der Waals surface area contributed by atoms with Crippen LogP contribution in [0.15, 0.2) is 91.4 Å². The van der Waals surface area contributed by atoms with Crippen LogP contribution >= 0.6 is 0 Å². The fourth-order valence-corrected chi connectivity index (χ4v) is 3.91. The molecule has 3 aromatic carbocycles. The van der Waals surface area contributed by atoms with Gasteiger partial charge in [-0.1, -0.05) is 70.3 Å². The van der Waals surface area contributed by atoms with Gasteiger partial charge >= 0.3 is 24.4 Å². The van der Waals surface area contributed by atoms with Gasteiger partial charge in [0.15, 0.2) is 0 Å². The van der Waals surface area contributed by atoms with Crippen LogP contribution in [-0.4, -0.2) is 39.4 Å². The molecular formula is C30H24N3O3Sb. The number of benzene rings is 3. The SMILES string of the molecule is Cc1cc([O-])c2ncccc2c1.Cc1cc([O-])c2ncccc2c1.Cc1cc([O-])c2ncccc2c1.[Sb+3]. The molecule has 3 aromatic heterocycles. The Labute approximate surface area is 232 Å². The Kier molecular flexibility index (Phi) is 9.26. The molecule has 0 saturated carbocycles. The van der Waals surface area contributed by atoms with E-state index in [-0.39, 0.29) is 41.7 Å². The summed E-state index contributed by atoms with van der Waals surface area (Å²) in [6.45, 7) is 5.73. The van der Waals surface area contributed by atoms with Crippen molar-refractivity contribution in [3.8, 4) is 17.2 Å². The fourth-order valence-electron chi connectivity index (χ4n) is 3.91. The van der Waals surface area contributed by atoms with Crippen LogP contribution in [0.4, 0.5) is 0 Å². The Bertz CT molecular complexity index is 1470. The Morgan fingerprint density at radius 2 is 0.730 bits per heavy atom. The van der Waals surface area contributed by atoms with Gasteiger partial charge in [0.2, 0.25) is 0 Å². The van der Waals surface area contributed by atoms with Gasteiger partial charge in [0.1, 0.15) is 0 Å². The van der Waals surface area contributed by atoms with E-state index in [1.807, 2.05) is 75.4 Å². The Morgan fingerprint density at radius 3 is 1.00 bits per heavy atom. The number of fused-ring (bicyclic) bond motifs is 3. The van der Waals surface area contributed by atoms with Crippen molar-refractivity contribution in [1.82, 2.24) is 15.0 Å². The molecule has 0 aliphatic carbocycles. The van der Waals surface area contributed by atoms with Crippen molar-refractivity contribution in [3.63, 3.8) is 0 Å². The topological polar surface area (TPSA) is 108 Å². The number of aryl methyl sites for hydroxylation is 3. The Balaban J connectivity index is 0.000000152. The second-order valence-electron chi connectivity index (χ2n) is 8.51. The molecule has 0 fully saturated rings. The van der Waals surface area contributed by atoms with Gasteiger partial charge in [0, 0.05) is 18.6 Å². The van der Waals surface area contributed by atoms with Crippen molar-refractivity contribution in [2.24, 2.45) is 0 Å². The summed E-state index contributed by atoms with van der Waals surface area (Å²) in [4.78, 5) is 12.0. The molecular weight excluding hydrogens is 572 g/mol. The minimum atomic E-state index is 0. The minimum Gasteiger partial charge on any atom is -0.871 e. The summed E-state index contributed by atoms with van der Waals surface area (Å²) in [5.74, 6) is 0.0156. The van der Waals surface area contributed by atoms with Crippen molar-refractivity contribution in [2.75, 3.05) is 0 Å². The molecule has 0 spiro atoms. The van der Waals surface area contributed by atoms with E-state index < -0.39 is 0 Å². The summed E-state index contributed by atoms with van der Waals surface area (Å²) in [6.07, 6.45) is 4.91. The largest absolute Gasteiger partial charge is 3.00 e. The van der Waals surface area contributed by atoms with E-state index in [1.165, 1.54) is 0 Å². The van der Waals surface area contributed by atoms with Crippen molar-refractivity contribution < 1.29 is 15.3 Å². The molecule has 2 radical (unpaired) electrons. The molecule has 37 heavy (non-hydrogen) atoms. The first-order valence-corrected chi connectivity index (χ1v) is 11.4. The van der Waals surface area contributed by atoms with Gasteiger partial charge in [0.25, 0.3) is 0 Å². The average Bonchev–Trinajstić information content (AvgIpc) is 2.85. The van der Waals surface area contributed by atoms with Crippen LogP contribution in [0.2, 0.25) is 0 Å². The van der Waals surface area contributed by atoms with E-state index in [4.69, 9.17) is 0 Å². The standard InChI is InChI=1S/3C10H9NO.Sb/c3*1-7-5-8-3-2-4-11-10(8)9(12)6-7;/h3*2-6,12H,1H3;/q;;;+3/p-3. The third kappa shape index (κ3) is 6.87. The number of hydrogen-bond acceptors (Lipinski definition) is 6. The normalized spacial score (nSPS) is 10.1. The van der Waals surface area contributed by atoms with Crippen LogP contribution < -0.4 is 15.3 Å². The molecule has 0 N–H and O–H groups in total. The molecule has 6 nitrogen and oxygen atoms in total. The molecule has 0 saturated heterocycles. The molecule has 0 atom stereocenters. The van der Waals surface area contributed by atoms with E-state index in [9.17, 15) is 15.3 Å². The van der Waals surface area contributed by atoms with Crippen LogP contribution in [0.5, 0.6) is 17.2 Å². The van der Waals surface area contributed by atoms with Crippen molar-refractivity contribution >= 4 is 57.1 Å². The zero-order valence-electron chi connectivity index (χ0n) is 20.7. The van der Waals surface area contributed by atoms with Crippen LogP contribution in [0.3, 0.4) is 0 Å². The van der Waals surface area contributed by atoms with Crippen molar-refractivity contribution in [2.45, 2.75) is 20.8 Å². The first-order chi connectivity index (χ1) is 17.3. The molecule has 0 aliphatic rings. The number of rotatable bonds is 0. The van der Waals surface area contributed by atoms with E-state index in [0.717, 1.165) is 32.8 Å². The molecule has 6 aromatic rings. The Hall–Kier alpha value is -3.89. The second-order valence-corrected chi connectivity index (χ2v) is 8.51. The fraction of sp³-hybridized carbons (Fsp3) is 0.100. The molecule has 0 bridgehead atoms. The summed E-state index contributed by atoms with van der Waals surface area (Å²) in [5, 5.41) is 36.8. The summed E-state index contributed by atoms with van der Waals surface area (Å²) in [5.41, 5.74) is 4.64. The van der Waals surface area contributed by atoms with E-state index >= 15 is 0 Å². The first kappa shape index (κ1) is 27.7. The van der Waals surface area contributed by atoms with Gasteiger partial charge in [-0.15, -0.1) is 0 Å². The van der Waals surface area contributed by atoms with E-state index in [1.54, 1.807) is 36.8 Å². The molecule has 6 rings (SSSR count). The maximum Gasteiger partial charge on any atom is 3.00 e. The third-order valence-corrected chi connectivity index (χ3v) is 5.44. The second kappa shape index (κ2) is 12.4. The maximum absolute atomic E-state index is 11.3. The molecule has 182 valence electrons. The average molecular weight is 596 g/mol. The summed E-state index contributed by atoms with van der Waals surface area (Å²) >= 11 is 0. The van der Waals surface area contributed by atoms with Crippen molar-refractivity contribution in [3.05, 3.63) is 108 Å². The zero-order valence-corrected chi connectivity index (χ0v) is 23.2. The number of nitrogens with zero attached hydrogens (tertiary/aromatic N) is 3. The van der Waals surface area contributed by atoms with Gasteiger partial charge in [-0.05, 0) is 73.3 Å². The van der Waals surface area contributed by atoms with E-state index in [2.05, 4.69) is 15.0 Å². The Morgan fingerprint density at radius 1 is 0.459 bits per heavy atom. The first-order valence-electron chi connectivity index (χ1n) is 11.4. The van der Waals surface area contributed by atoms with Crippen LogP contribution in [-0.2, 0) is 0 Å². The predicted octanol–water partition coefficient (Wildman–Crippen LogP) is 4.47. The predicted molar refractivity (Wildman–Crippen MR) is 144 cm³/mol. The summed E-state index contributed by atoms with van der Waals surface area (Å²) < 4.78 is 0. The molecule has 0 aliphatic heterocycles. The van der Waals surface area contributed by atoms with E-state index in [0.29, 0.717) is 16.6 Å². The zero-order chi connectivity index (χ0) is 25.7. The molecule has 0 unspecified atom stereocenters. The van der Waals surface area contributed by atoms with Gasteiger partial charge in [-0.25, -0.2) is 0 Å². The number of hydrogen-bond donors (Lipinski definition) is 0. The summed E-state index contributed by atoms with van der Waals surface area (Å²) in [7, 11) is 0.